The van der Waals surface area contributed by atoms with Crippen molar-refractivity contribution < 1.29 is 9.18 Å². The number of amides is 2. The smallest absolute Gasteiger partial charge is 0.329 e. The zero-order chi connectivity index (χ0) is 20.0. The first-order valence-corrected chi connectivity index (χ1v) is 9.63. The third-order valence-electron chi connectivity index (χ3n) is 5.41. The van der Waals surface area contributed by atoms with Crippen molar-refractivity contribution in [3.05, 3.63) is 66.1 Å². The summed E-state index contributed by atoms with van der Waals surface area (Å²) in [6.45, 7) is 3.51. The van der Waals surface area contributed by atoms with E-state index < -0.39 is 0 Å². The molecule has 2 aliphatic rings. The molecule has 6 nitrogen and oxygen atoms in total. The van der Waals surface area contributed by atoms with E-state index in [1.54, 1.807) is 23.2 Å². The lowest BCUT2D eigenvalue weighted by molar-refractivity contribution is 0.254. The lowest BCUT2D eigenvalue weighted by atomic mass is 10.1. The second-order valence-electron chi connectivity index (χ2n) is 7.46. The minimum atomic E-state index is -0.298. The molecule has 0 unspecified atom stereocenters. The summed E-state index contributed by atoms with van der Waals surface area (Å²) in [5.74, 6) is 0.802. The van der Waals surface area contributed by atoms with Crippen LogP contribution in [0.5, 0.6) is 0 Å². The van der Waals surface area contributed by atoms with Crippen LogP contribution < -0.4 is 15.1 Å². The second kappa shape index (κ2) is 6.84. The fraction of sp³-hybridized carbons (Fsp3) is 0.227. The van der Waals surface area contributed by atoms with E-state index in [9.17, 15) is 9.18 Å². The summed E-state index contributed by atoms with van der Waals surface area (Å²) in [6.07, 6.45) is 2.51. The molecule has 2 aromatic heterocycles. The Morgan fingerprint density at radius 1 is 1.21 bits per heavy atom. The summed E-state index contributed by atoms with van der Waals surface area (Å²) in [5, 5.41) is 2.87. The molecular weight excluding hydrogens is 369 g/mol. The Hall–Kier alpha value is -3.48. The number of hydrogen-bond acceptors (Lipinski definition) is 4. The Kier molecular flexibility index (Phi) is 4.16. The van der Waals surface area contributed by atoms with Crippen molar-refractivity contribution in [2.75, 3.05) is 28.2 Å². The molecule has 0 saturated carbocycles. The van der Waals surface area contributed by atoms with Gasteiger partial charge in [0.1, 0.15) is 11.6 Å². The quantitative estimate of drug-likeness (QED) is 0.713. The van der Waals surface area contributed by atoms with Gasteiger partial charge in [-0.05, 0) is 61.4 Å². The number of aryl methyl sites for hydroxylation is 1. The molecule has 2 aliphatic heterocycles. The highest BCUT2D eigenvalue weighted by Crippen LogP contribution is 2.40. The van der Waals surface area contributed by atoms with E-state index in [2.05, 4.69) is 15.2 Å². The molecule has 2 bridgehead atoms. The van der Waals surface area contributed by atoms with Gasteiger partial charge in [-0.3, -0.25) is 10.2 Å². The van der Waals surface area contributed by atoms with Gasteiger partial charge in [0.15, 0.2) is 5.82 Å². The van der Waals surface area contributed by atoms with Crippen LogP contribution in [0.2, 0.25) is 0 Å². The molecule has 1 atom stereocenters. The number of rotatable bonds is 2. The lowest BCUT2D eigenvalue weighted by Crippen LogP contribution is -2.48. The number of anilines is 3. The monoisotopic (exact) mass is 389 g/mol. The highest BCUT2D eigenvalue weighted by atomic mass is 19.1. The average molecular weight is 389 g/mol. The fourth-order valence-electron chi connectivity index (χ4n) is 4.12. The summed E-state index contributed by atoms with van der Waals surface area (Å²) >= 11 is 0. The average Bonchev–Trinajstić information content (AvgIpc) is 3.12. The molecule has 0 spiro atoms. The van der Waals surface area contributed by atoms with Gasteiger partial charge in [-0.2, -0.15) is 0 Å². The van der Waals surface area contributed by atoms with Crippen LogP contribution in [-0.4, -0.2) is 35.1 Å². The van der Waals surface area contributed by atoms with E-state index in [-0.39, 0.29) is 17.9 Å². The molecule has 5 rings (SSSR count). The van der Waals surface area contributed by atoms with E-state index in [0.29, 0.717) is 22.9 Å². The number of aromatic nitrogens is 2. The van der Waals surface area contributed by atoms with Gasteiger partial charge in [-0.25, -0.2) is 19.2 Å². The zero-order valence-corrected chi connectivity index (χ0v) is 16.0. The first kappa shape index (κ1) is 17.6. The maximum absolute atomic E-state index is 13.9. The van der Waals surface area contributed by atoms with Crippen LogP contribution in [0.15, 0.2) is 54.7 Å². The molecule has 2 amide bonds. The Morgan fingerprint density at radius 2 is 2.10 bits per heavy atom. The number of nitrogens with zero attached hydrogens (tertiary/aromatic N) is 4. The van der Waals surface area contributed by atoms with Gasteiger partial charge in [0.2, 0.25) is 0 Å². The van der Waals surface area contributed by atoms with Crippen LogP contribution in [0.3, 0.4) is 0 Å². The molecule has 1 fully saturated rings. The molecule has 1 N–H and O–H groups in total. The molecule has 146 valence electrons. The molecule has 0 aliphatic carbocycles. The van der Waals surface area contributed by atoms with Gasteiger partial charge in [0, 0.05) is 24.8 Å². The van der Waals surface area contributed by atoms with Crippen LogP contribution in [-0.2, 0) is 0 Å². The van der Waals surface area contributed by atoms with Crippen LogP contribution >= 0.6 is 0 Å². The number of hydrogen-bond donors (Lipinski definition) is 1. The maximum atomic E-state index is 13.9. The minimum absolute atomic E-state index is 0.0446. The Balaban J connectivity index is 1.55. The zero-order valence-electron chi connectivity index (χ0n) is 16.0. The van der Waals surface area contributed by atoms with Crippen molar-refractivity contribution in [2.24, 2.45) is 0 Å². The summed E-state index contributed by atoms with van der Waals surface area (Å²) in [5.41, 5.74) is 3.09. The molecule has 29 heavy (non-hydrogen) atoms. The number of pyridine rings is 2. The van der Waals surface area contributed by atoms with E-state index in [1.165, 1.54) is 12.1 Å². The summed E-state index contributed by atoms with van der Waals surface area (Å²) in [4.78, 5) is 26.1. The summed E-state index contributed by atoms with van der Waals surface area (Å²) < 4.78 is 13.9. The van der Waals surface area contributed by atoms with Crippen LogP contribution in [0.25, 0.3) is 11.3 Å². The molecular formula is C22H20FN5O. The normalized spacial score (nSPS) is 17.2. The lowest BCUT2D eigenvalue weighted by Gasteiger charge is -2.35. The van der Waals surface area contributed by atoms with E-state index in [4.69, 9.17) is 4.98 Å². The van der Waals surface area contributed by atoms with Crippen LogP contribution in [0.1, 0.15) is 12.0 Å². The first-order chi connectivity index (χ1) is 14.1. The third-order valence-corrected chi connectivity index (χ3v) is 5.41. The number of nitrogens with one attached hydrogen (secondary N) is 1. The second-order valence-corrected chi connectivity index (χ2v) is 7.46. The predicted molar refractivity (Wildman–Crippen MR) is 111 cm³/mol. The Morgan fingerprint density at radius 3 is 2.90 bits per heavy atom. The van der Waals surface area contributed by atoms with Crippen LogP contribution in [0.4, 0.5) is 26.5 Å². The topological polar surface area (TPSA) is 61.4 Å². The summed E-state index contributed by atoms with van der Waals surface area (Å²) in [7, 11) is 0. The minimum Gasteiger partial charge on any atom is -0.366 e. The van der Waals surface area contributed by atoms with Crippen molar-refractivity contribution in [3.8, 4) is 11.3 Å². The first-order valence-electron chi connectivity index (χ1n) is 9.63. The number of fused-ring (bicyclic) bond motifs is 4. The highest BCUT2D eigenvalue weighted by Gasteiger charge is 2.40. The van der Waals surface area contributed by atoms with Crippen molar-refractivity contribution in [2.45, 2.75) is 19.4 Å². The van der Waals surface area contributed by atoms with E-state index in [0.717, 1.165) is 30.8 Å². The van der Waals surface area contributed by atoms with Crippen LogP contribution in [0, 0.1) is 12.7 Å². The van der Waals surface area contributed by atoms with E-state index >= 15 is 0 Å². The maximum Gasteiger partial charge on any atom is 0.329 e. The molecule has 1 saturated heterocycles. The number of benzene rings is 1. The largest absolute Gasteiger partial charge is 0.366 e. The molecule has 7 heteroatoms. The van der Waals surface area contributed by atoms with Gasteiger partial charge in [0.05, 0.1) is 17.4 Å². The number of carbonyl (C=O) groups excluding carboxylic acids is 1. The highest BCUT2D eigenvalue weighted by molar-refractivity contribution is 6.04. The molecule has 4 heterocycles. The Labute approximate surface area is 168 Å². The van der Waals surface area contributed by atoms with Crippen molar-refractivity contribution in [1.82, 2.24) is 9.97 Å². The SMILES string of the molecule is Cc1cc(F)cc(-c2ccc3c(n2)N(C(=O)Nc2ccccn2)[C@H]2CCN3C2)c1. The van der Waals surface area contributed by atoms with Gasteiger partial charge in [-0.1, -0.05) is 6.07 Å². The fourth-order valence-corrected chi connectivity index (χ4v) is 4.12. The van der Waals surface area contributed by atoms with Gasteiger partial charge < -0.3 is 4.90 Å². The number of halogens is 1. The van der Waals surface area contributed by atoms with Crippen molar-refractivity contribution in [3.63, 3.8) is 0 Å². The predicted octanol–water partition coefficient (Wildman–Crippen LogP) is 4.22. The number of urea groups is 1. The number of carbonyl (C=O) groups is 1. The molecule has 3 aromatic rings. The third kappa shape index (κ3) is 3.18. The van der Waals surface area contributed by atoms with Crippen molar-refractivity contribution >= 4 is 23.4 Å². The van der Waals surface area contributed by atoms with Gasteiger partial charge in [-0.15, -0.1) is 0 Å². The van der Waals surface area contributed by atoms with Gasteiger partial charge >= 0.3 is 6.03 Å². The molecule has 1 aromatic carbocycles. The molecule has 0 radical (unpaired) electrons. The standard InChI is InChI=1S/C22H20FN5O/c1-14-10-15(12-16(23)11-14)18-5-6-19-21(25-18)28(17-7-9-27(19)13-17)22(29)26-20-4-2-3-8-24-20/h2-6,8,10-12,17H,7,9,13H2,1H3,(H,24,26,29)/t17-/m0/s1. The van der Waals surface area contributed by atoms with Gasteiger partial charge in [0.25, 0.3) is 0 Å². The Bertz CT molecular complexity index is 1070. The van der Waals surface area contributed by atoms with E-state index in [1.807, 2.05) is 31.2 Å². The van der Waals surface area contributed by atoms with Crippen molar-refractivity contribution in [1.29, 1.82) is 0 Å². The summed E-state index contributed by atoms with van der Waals surface area (Å²) in [6, 6.07) is 13.9.